The van der Waals surface area contributed by atoms with E-state index < -0.39 is 0 Å². The summed E-state index contributed by atoms with van der Waals surface area (Å²) >= 11 is 8.58. The van der Waals surface area contributed by atoms with Crippen molar-refractivity contribution in [1.29, 1.82) is 0 Å². The average molecular weight is 331 g/mol. The third-order valence-electron chi connectivity index (χ3n) is 2.80. The first kappa shape index (κ1) is 15.4. The number of aliphatic hydroxyl groups excluding tert-OH is 1. The summed E-state index contributed by atoms with van der Waals surface area (Å²) in [6.45, 7) is 1.19. The molecule has 1 rings (SSSR count). The van der Waals surface area contributed by atoms with Gasteiger partial charge in [0.15, 0.2) is 0 Å². The first-order valence-electron chi connectivity index (χ1n) is 5.98. The van der Waals surface area contributed by atoms with Gasteiger partial charge in [-0.3, -0.25) is 0 Å². The molecule has 0 aliphatic heterocycles. The number of unbranched alkanes of at least 4 members (excludes halogenated alkanes) is 2. The molecule has 0 aromatic heterocycles. The molecule has 0 bridgehead atoms. The van der Waals surface area contributed by atoms with Gasteiger partial charge in [0.25, 0.3) is 0 Å². The Morgan fingerprint density at radius 2 is 2.11 bits per heavy atom. The fourth-order valence-corrected chi connectivity index (χ4v) is 2.75. The van der Waals surface area contributed by atoms with Crippen LogP contribution in [0.4, 0.5) is 5.69 Å². The van der Waals surface area contributed by atoms with Crippen molar-refractivity contribution in [3.05, 3.63) is 28.2 Å². The van der Waals surface area contributed by atoms with E-state index in [-0.39, 0.29) is 6.61 Å². The lowest BCUT2D eigenvalue weighted by Gasteiger charge is -2.22. The Bertz CT molecular complexity index is 412. The minimum atomic E-state index is 0.263. The molecule has 0 aliphatic carbocycles. The van der Waals surface area contributed by atoms with E-state index in [9.17, 15) is 0 Å². The first-order chi connectivity index (χ1) is 8.57. The molecule has 5 heteroatoms. The van der Waals surface area contributed by atoms with E-state index in [1.807, 2.05) is 25.2 Å². The van der Waals surface area contributed by atoms with E-state index in [1.54, 1.807) is 0 Å². The third-order valence-corrected chi connectivity index (χ3v) is 3.67. The molecule has 0 unspecified atom stereocenters. The molecule has 0 radical (unpaired) electrons. The van der Waals surface area contributed by atoms with Crippen molar-refractivity contribution in [2.24, 2.45) is 5.73 Å². The largest absolute Gasteiger partial charge is 0.396 e. The summed E-state index contributed by atoms with van der Waals surface area (Å²) in [6.07, 6.45) is 2.92. The normalized spacial score (nSPS) is 10.4. The van der Waals surface area contributed by atoms with Crippen molar-refractivity contribution >= 4 is 38.8 Å². The summed E-state index contributed by atoms with van der Waals surface area (Å²) in [5.41, 5.74) is 7.70. The molecule has 0 fully saturated rings. The second kappa shape index (κ2) is 7.71. The van der Waals surface area contributed by atoms with Crippen molar-refractivity contribution < 1.29 is 5.11 Å². The molecule has 100 valence electrons. The smallest absolute Gasteiger partial charge is 0.107 e. The van der Waals surface area contributed by atoms with E-state index in [1.165, 1.54) is 0 Å². The van der Waals surface area contributed by atoms with Crippen LogP contribution in [0.15, 0.2) is 22.7 Å². The van der Waals surface area contributed by atoms with Gasteiger partial charge in [-0.25, -0.2) is 0 Å². The number of hydrogen-bond acceptors (Lipinski definition) is 3. The summed E-state index contributed by atoms with van der Waals surface area (Å²) in [5, 5.41) is 8.75. The molecule has 3 nitrogen and oxygen atoms in total. The van der Waals surface area contributed by atoms with Gasteiger partial charge < -0.3 is 15.7 Å². The molecule has 1 aromatic carbocycles. The zero-order valence-corrected chi connectivity index (χ0v) is 12.9. The first-order valence-corrected chi connectivity index (χ1v) is 7.18. The van der Waals surface area contributed by atoms with Gasteiger partial charge in [-0.2, -0.15) is 0 Å². The Morgan fingerprint density at radius 3 is 2.72 bits per heavy atom. The van der Waals surface area contributed by atoms with Crippen LogP contribution in [0.3, 0.4) is 0 Å². The molecule has 0 saturated heterocycles. The maximum absolute atomic E-state index is 8.75. The summed E-state index contributed by atoms with van der Waals surface area (Å²) in [4.78, 5) is 2.55. The number of hydrogen-bond donors (Lipinski definition) is 2. The standard InChI is InChI=1S/C13H19BrN2OS/c1-16(8-3-2-4-9-17)11-7-5-6-10(14)12(11)13(15)18/h5-7,17H,2-4,8-9H2,1H3,(H2,15,18). The lowest BCUT2D eigenvalue weighted by molar-refractivity contribution is 0.283. The molecule has 0 saturated carbocycles. The summed E-state index contributed by atoms with van der Waals surface area (Å²) in [7, 11) is 2.03. The van der Waals surface area contributed by atoms with Crippen molar-refractivity contribution in [2.45, 2.75) is 19.3 Å². The Kier molecular flexibility index (Phi) is 6.60. The Hall–Kier alpha value is -0.650. The number of thiocarbonyl (C=S) groups is 1. The summed E-state index contributed by atoms with van der Waals surface area (Å²) < 4.78 is 0.926. The second-order valence-corrected chi connectivity index (χ2v) is 5.50. The van der Waals surface area contributed by atoms with Crippen molar-refractivity contribution in [1.82, 2.24) is 0 Å². The van der Waals surface area contributed by atoms with E-state index in [2.05, 4.69) is 20.8 Å². The van der Waals surface area contributed by atoms with Crippen molar-refractivity contribution in [3.63, 3.8) is 0 Å². The minimum Gasteiger partial charge on any atom is -0.396 e. The molecular formula is C13H19BrN2OS. The molecular weight excluding hydrogens is 312 g/mol. The van der Waals surface area contributed by atoms with Gasteiger partial charge in [0.05, 0.1) is 0 Å². The lowest BCUT2D eigenvalue weighted by Crippen LogP contribution is -2.23. The highest BCUT2D eigenvalue weighted by molar-refractivity contribution is 9.10. The van der Waals surface area contributed by atoms with Crippen LogP contribution in [-0.4, -0.2) is 30.3 Å². The van der Waals surface area contributed by atoms with Crippen LogP contribution in [-0.2, 0) is 0 Å². The molecule has 0 amide bonds. The van der Waals surface area contributed by atoms with Gasteiger partial charge in [-0.15, -0.1) is 0 Å². The van der Waals surface area contributed by atoms with Crippen molar-refractivity contribution in [3.8, 4) is 0 Å². The van der Waals surface area contributed by atoms with E-state index in [0.29, 0.717) is 4.99 Å². The zero-order valence-electron chi connectivity index (χ0n) is 10.5. The maximum Gasteiger partial charge on any atom is 0.107 e. The number of benzene rings is 1. The minimum absolute atomic E-state index is 0.263. The predicted octanol–water partition coefficient (Wildman–Crippen LogP) is 2.68. The van der Waals surface area contributed by atoms with Crippen LogP contribution in [0.1, 0.15) is 24.8 Å². The van der Waals surface area contributed by atoms with Gasteiger partial charge in [-0.1, -0.05) is 18.3 Å². The fourth-order valence-electron chi connectivity index (χ4n) is 1.83. The summed E-state index contributed by atoms with van der Waals surface area (Å²) in [5.74, 6) is 0. The van der Waals surface area contributed by atoms with E-state index >= 15 is 0 Å². The highest BCUT2D eigenvalue weighted by Gasteiger charge is 2.12. The van der Waals surface area contributed by atoms with Gasteiger partial charge >= 0.3 is 0 Å². The van der Waals surface area contributed by atoms with Crippen LogP contribution >= 0.6 is 28.1 Å². The van der Waals surface area contributed by atoms with Crippen molar-refractivity contribution in [2.75, 3.05) is 25.1 Å². The second-order valence-electron chi connectivity index (χ2n) is 4.20. The van der Waals surface area contributed by atoms with Gasteiger partial charge in [0.2, 0.25) is 0 Å². The number of halogens is 1. The third kappa shape index (κ3) is 4.23. The van der Waals surface area contributed by atoms with Gasteiger partial charge in [-0.05, 0) is 47.3 Å². The molecule has 0 aliphatic rings. The number of nitrogens with zero attached hydrogens (tertiary/aromatic N) is 1. The average Bonchev–Trinajstić information content (AvgIpc) is 2.33. The zero-order chi connectivity index (χ0) is 13.5. The molecule has 1 aromatic rings. The maximum atomic E-state index is 8.75. The quantitative estimate of drug-likeness (QED) is 0.596. The van der Waals surface area contributed by atoms with Crippen LogP contribution in [0.2, 0.25) is 0 Å². The Labute approximate surface area is 122 Å². The highest BCUT2D eigenvalue weighted by atomic mass is 79.9. The number of nitrogens with two attached hydrogens (primary N) is 1. The van der Waals surface area contributed by atoms with Crippen LogP contribution in [0, 0.1) is 0 Å². The lowest BCUT2D eigenvalue weighted by atomic mass is 10.1. The molecule has 18 heavy (non-hydrogen) atoms. The predicted molar refractivity (Wildman–Crippen MR) is 84.2 cm³/mol. The van der Waals surface area contributed by atoms with E-state index in [0.717, 1.165) is 41.5 Å². The number of aliphatic hydroxyl groups is 1. The molecule has 0 spiro atoms. The van der Waals surface area contributed by atoms with E-state index in [4.69, 9.17) is 23.1 Å². The summed E-state index contributed by atoms with van der Waals surface area (Å²) in [6, 6.07) is 5.94. The number of anilines is 1. The molecule has 3 N–H and O–H groups in total. The van der Waals surface area contributed by atoms with Crippen LogP contribution < -0.4 is 10.6 Å². The number of rotatable bonds is 7. The monoisotopic (exact) mass is 330 g/mol. The molecule has 0 heterocycles. The van der Waals surface area contributed by atoms with Gasteiger partial charge in [0.1, 0.15) is 4.99 Å². The fraction of sp³-hybridized carbons (Fsp3) is 0.462. The highest BCUT2D eigenvalue weighted by Crippen LogP contribution is 2.27. The molecule has 0 atom stereocenters. The topological polar surface area (TPSA) is 49.5 Å². The SMILES string of the molecule is CN(CCCCCO)c1cccc(Br)c1C(N)=S. The van der Waals surface area contributed by atoms with Gasteiger partial charge in [0, 0.05) is 35.9 Å². The van der Waals surface area contributed by atoms with Crippen LogP contribution in [0.5, 0.6) is 0 Å². The van der Waals surface area contributed by atoms with Crippen LogP contribution in [0.25, 0.3) is 0 Å². The Morgan fingerprint density at radius 1 is 1.39 bits per heavy atom. The Balaban J connectivity index is 2.76.